The van der Waals surface area contributed by atoms with Gasteiger partial charge in [0.15, 0.2) is 0 Å². The fourth-order valence-electron chi connectivity index (χ4n) is 3.28. The maximum absolute atomic E-state index is 12.4. The molecular formula is C22H26ClN3O5. The van der Waals surface area contributed by atoms with Crippen LogP contribution in [0.25, 0.3) is 0 Å². The largest absolute Gasteiger partial charge is 0.387 e. The van der Waals surface area contributed by atoms with Crippen LogP contribution in [0.3, 0.4) is 0 Å². The van der Waals surface area contributed by atoms with Crippen molar-refractivity contribution < 1.29 is 24.5 Å². The van der Waals surface area contributed by atoms with Gasteiger partial charge in [-0.1, -0.05) is 23.7 Å². The number of anilines is 1. The first-order chi connectivity index (χ1) is 14.7. The third kappa shape index (κ3) is 5.34. The monoisotopic (exact) mass is 447 g/mol. The van der Waals surface area contributed by atoms with E-state index < -0.39 is 23.7 Å². The lowest BCUT2D eigenvalue weighted by molar-refractivity contribution is -0.0464. The second kappa shape index (κ2) is 9.65. The molecule has 2 aromatic rings. The average molecular weight is 448 g/mol. The highest BCUT2D eigenvalue weighted by molar-refractivity contribution is 6.33. The Morgan fingerprint density at radius 3 is 2.45 bits per heavy atom. The van der Waals surface area contributed by atoms with Gasteiger partial charge in [-0.15, -0.1) is 0 Å². The number of hydrogen-bond acceptors (Lipinski definition) is 6. The zero-order valence-electron chi connectivity index (χ0n) is 17.3. The van der Waals surface area contributed by atoms with Crippen LogP contribution < -0.4 is 15.5 Å². The van der Waals surface area contributed by atoms with Gasteiger partial charge in [0.1, 0.15) is 17.8 Å². The number of benzene rings is 2. The van der Waals surface area contributed by atoms with Crippen molar-refractivity contribution in [3.8, 4) is 0 Å². The number of carbonyl (C=O) groups excluding carboxylic acids is 2. The Morgan fingerprint density at radius 2 is 1.81 bits per heavy atom. The van der Waals surface area contributed by atoms with E-state index in [1.165, 1.54) is 0 Å². The summed E-state index contributed by atoms with van der Waals surface area (Å²) in [4.78, 5) is 26.6. The van der Waals surface area contributed by atoms with Crippen molar-refractivity contribution in [3.63, 3.8) is 0 Å². The Bertz CT molecular complexity index is 937. The summed E-state index contributed by atoms with van der Waals surface area (Å²) in [7, 11) is 3.80. The molecule has 4 N–H and O–H groups in total. The Labute approximate surface area is 185 Å². The van der Waals surface area contributed by atoms with E-state index in [0.29, 0.717) is 16.1 Å². The smallest absolute Gasteiger partial charge is 0.252 e. The maximum atomic E-state index is 12.4. The first-order valence-corrected chi connectivity index (χ1v) is 10.2. The van der Waals surface area contributed by atoms with Gasteiger partial charge < -0.3 is 30.5 Å². The zero-order chi connectivity index (χ0) is 22.6. The predicted octanol–water partition coefficient (Wildman–Crippen LogP) is 1.06. The van der Waals surface area contributed by atoms with Crippen LogP contribution in [0.15, 0.2) is 48.5 Å². The summed E-state index contributed by atoms with van der Waals surface area (Å²) in [6.07, 6.45) is -2.12. The van der Waals surface area contributed by atoms with Gasteiger partial charge in [-0.3, -0.25) is 9.59 Å². The molecule has 0 saturated carbocycles. The van der Waals surface area contributed by atoms with Crippen LogP contribution in [-0.4, -0.2) is 73.6 Å². The molecule has 0 aliphatic carbocycles. The Morgan fingerprint density at radius 1 is 1.13 bits per heavy atom. The molecule has 8 nitrogen and oxygen atoms in total. The normalized spacial score (nSPS) is 22.7. The van der Waals surface area contributed by atoms with E-state index in [4.69, 9.17) is 16.3 Å². The van der Waals surface area contributed by atoms with Gasteiger partial charge in [0, 0.05) is 31.9 Å². The van der Waals surface area contributed by atoms with Crippen molar-refractivity contribution in [3.05, 3.63) is 64.7 Å². The van der Waals surface area contributed by atoms with Crippen molar-refractivity contribution in [2.24, 2.45) is 0 Å². The quantitative estimate of drug-likeness (QED) is 0.505. The van der Waals surface area contributed by atoms with E-state index in [-0.39, 0.29) is 25.6 Å². The van der Waals surface area contributed by atoms with E-state index in [9.17, 15) is 19.8 Å². The Balaban J connectivity index is 1.53. The van der Waals surface area contributed by atoms with Crippen molar-refractivity contribution in [2.45, 2.75) is 17.8 Å². The van der Waals surface area contributed by atoms with E-state index in [1.807, 2.05) is 31.1 Å². The van der Waals surface area contributed by atoms with E-state index in [1.54, 1.807) is 36.4 Å². The van der Waals surface area contributed by atoms with Crippen LogP contribution >= 0.6 is 11.6 Å². The van der Waals surface area contributed by atoms with Crippen LogP contribution in [0.1, 0.15) is 20.7 Å². The highest BCUT2D eigenvalue weighted by atomic mass is 35.5. The van der Waals surface area contributed by atoms with Crippen molar-refractivity contribution in [1.29, 1.82) is 0 Å². The first kappa shape index (κ1) is 23.0. The lowest BCUT2D eigenvalue weighted by Crippen LogP contribution is -2.53. The van der Waals surface area contributed by atoms with Gasteiger partial charge in [0.25, 0.3) is 11.8 Å². The molecule has 1 aliphatic rings. The molecule has 0 bridgehead atoms. The number of aliphatic hydroxyl groups is 2. The first-order valence-electron chi connectivity index (χ1n) is 9.81. The second-order valence-electron chi connectivity index (χ2n) is 7.71. The van der Waals surface area contributed by atoms with Crippen molar-refractivity contribution in [2.75, 3.05) is 38.7 Å². The molecule has 2 amide bonds. The number of ether oxygens (including phenoxy) is 1. The Kier molecular flexibility index (Phi) is 7.17. The molecule has 31 heavy (non-hydrogen) atoms. The SMILES string of the molecule is CN(C)c1ccc(C(=O)NC[C@]2(O)CO[C@H](CNC(=O)c3ccccc3Cl)[C@H]2O)cc1. The number of nitrogens with one attached hydrogen (secondary N) is 2. The minimum absolute atomic E-state index is 0.0204. The molecular weight excluding hydrogens is 422 g/mol. The molecule has 9 heteroatoms. The summed E-state index contributed by atoms with van der Waals surface area (Å²) in [5, 5.41) is 26.8. The number of carbonyl (C=O) groups is 2. The second-order valence-corrected chi connectivity index (χ2v) is 8.12. The lowest BCUT2D eigenvalue weighted by atomic mass is 9.96. The fraction of sp³-hybridized carbons (Fsp3) is 0.364. The van der Waals surface area contributed by atoms with Crippen LogP contribution in [0.5, 0.6) is 0 Å². The third-order valence-electron chi connectivity index (χ3n) is 5.23. The molecule has 3 atom stereocenters. The molecule has 2 aromatic carbocycles. The van der Waals surface area contributed by atoms with Crippen LogP contribution in [0, 0.1) is 0 Å². The zero-order valence-corrected chi connectivity index (χ0v) is 18.1. The van der Waals surface area contributed by atoms with Crippen molar-refractivity contribution >= 4 is 29.1 Å². The minimum Gasteiger partial charge on any atom is -0.387 e. The number of nitrogens with zero attached hydrogens (tertiary/aromatic N) is 1. The highest BCUT2D eigenvalue weighted by Gasteiger charge is 2.48. The summed E-state index contributed by atoms with van der Waals surface area (Å²) in [6, 6.07) is 13.6. The summed E-state index contributed by atoms with van der Waals surface area (Å²) in [5.74, 6) is -0.785. The summed E-state index contributed by atoms with van der Waals surface area (Å²) in [5.41, 5.74) is 0.0287. The number of rotatable bonds is 7. The standard InChI is InChI=1S/C22H26ClN3O5/c1-26(2)15-9-7-14(8-10-15)20(28)25-12-22(30)13-31-18(19(22)27)11-24-21(29)16-5-3-4-6-17(16)23/h3-10,18-19,27,30H,11-13H2,1-2H3,(H,24,29)(H,25,28)/t18-,19-,22+/m1/s1. The predicted molar refractivity (Wildman–Crippen MR) is 118 cm³/mol. The lowest BCUT2D eigenvalue weighted by Gasteiger charge is -2.26. The highest BCUT2D eigenvalue weighted by Crippen LogP contribution is 2.25. The summed E-state index contributed by atoms with van der Waals surface area (Å²) in [6.45, 7) is -0.397. The topological polar surface area (TPSA) is 111 Å². The van der Waals surface area contributed by atoms with E-state index in [2.05, 4.69) is 10.6 Å². The van der Waals surface area contributed by atoms with E-state index >= 15 is 0 Å². The van der Waals surface area contributed by atoms with Crippen LogP contribution in [0.4, 0.5) is 5.69 Å². The maximum Gasteiger partial charge on any atom is 0.252 e. The van der Waals surface area contributed by atoms with Gasteiger partial charge >= 0.3 is 0 Å². The molecule has 1 saturated heterocycles. The number of hydrogen-bond donors (Lipinski definition) is 4. The number of amides is 2. The van der Waals surface area contributed by atoms with E-state index in [0.717, 1.165) is 5.69 Å². The van der Waals surface area contributed by atoms with Gasteiger partial charge in [0.2, 0.25) is 0 Å². The number of aliphatic hydroxyl groups excluding tert-OH is 1. The molecule has 3 rings (SSSR count). The minimum atomic E-state index is -1.67. The van der Waals surface area contributed by atoms with Crippen LogP contribution in [0.2, 0.25) is 5.02 Å². The summed E-state index contributed by atoms with van der Waals surface area (Å²) < 4.78 is 5.47. The molecule has 1 heterocycles. The fourth-order valence-corrected chi connectivity index (χ4v) is 3.50. The molecule has 1 aliphatic heterocycles. The number of halogens is 1. The van der Waals surface area contributed by atoms with Crippen molar-refractivity contribution in [1.82, 2.24) is 10.6 Å². The summed E-state index contributed by atoms with van der Waals surface area (Å²) >= 11 is 6.01. The Hall–Kier alpha value is -2.65. The average Bonchev–Trinajstić information content (AvgIpc) is 3.05. The molecule has 0 aromatic heterocycles. The van der Waals surface area contributed by atoms with Gasteiger partial charge in [-0.05, 0) is 36.4 Å². The van der Waals surface area contributed by atoms with Gasteiger partial charge in [-0.2, -0.15) is 0 Å². The van der Waals surface area contributed by atoms with Crippen LogP contribution in [-0.2, 0) is 4.74 Å². The molecule has 0 radical (unpaired) electrons. The third-order valence-corrected chi connectivity index (χ3v) is 5.56. The molecule has 166 valence electrons. The molecule has 1 fully saturated rings. The molecule has 0 unspecified atom stereocenters. The van der Waals surface area contributed by atoms with Gasteiger partial charge in [0.05, 0.1) is 23.7 Å². The molecule has 0 spiro atoms. The van der Waals surface area contributed by atoms with Gasteiger partial charge in [-0.25, -0.2) is 0 Å².